The molecule has 5 rings (SSSR count). The van der Waals surface area contributed by atoms with E-state index >= 15 is 0 Å². The molecule has 0 aliphatic carbocycles. The molecule has 5 heterocycles. The highest BCUT2D eigenvalue weighted by Crippen LogP contribution is 2.24. The normalized spacial score (nSPS) is 34.3. The van der Waals surface area contributed by atoms with Crippen molar-refractivity contribution in [1.82, 2.24) is 31.4 Å². The zero-order valence-corrected chi connectivity index (χ0v) is 18.6. The molecule has 4 fully saturated rings. The Hall–Kier alpha value is -1.98. The van der Waals surface area contributed by atoms with Crippen molar-refractivity contribution in [2.24, 2.45) is 5.92 Å². The van der Waals surface area contributed by atoms with Gasteiger partial charge in [0.15, 0.2) is 0 Å². The number of amides is 1. The Labute approximate surface area is 189 Å². The van der Waals surface area contributed by atoms with Crippen molar-refractivity contribution in [2.45, 2.75) is 63.1 Å². The van der Waals surface area contributed by atoms with E-state index in [9.17, 15) is 9.90 Å². The molecule has 10 nitrogen and oxygen atoms in total. The van der Waals surface area contributed by atoms with E-state index in [1.54, 1.807) is 0 Å². The lowest BCUT2D eigenvalue weighted by Crippen LogP contribution is -2.76. The lowest BCUT2D eigenvalue weighted by molar-refractivity contribution is -0.132. The van der Waals surface area contributed by atoms with Gasteiger partial charge in [0.25, 0.3) is 0 Å². The average molecular weight is 445 g/mol. The Bertz CT molecular complexity index is 770. The molecule has 10 heteroatoms. The largest absolute Gasteiger partial charge is 0.391 e. The monoisotopic (exact) mass is 444 g/mol. The summed E-state index contributed by atoms with van der Waals surface area (Å²) in [5.74, 6) is 0.629. The summed E-state index contributed by atoms with van der Waals surface area (Å²) < 4.78 is 0. The van der Waals surface area contributed by atoms with Crippen LogP contribution < -0.4 is 31.7 Å². The van der Waals surface area contributed by atoms with E-state index in [-0.39, 0.29) is 36.4 Å². The van der Waals surface area contributed by atoms with Crippen molar-refractivity contribution < 1.29 is 9.90 Å². The second-order valence-corrected chi connectivity index (χ2v) is 9.46. The van der Waals surface area contributed by atoms with Gasteiger partial charge >= 0.3 is 0 Å². The summed E-state index contributed by atoms with van der Waals surface area (Å²) >= 11 is 0. The number of pyridine rings is 1. The summed E-state index contributed by atoms with van der Waals surface area (Å²) in [7, 11) is 0. The second-order valence-electron chi connectivity index (χ2n) is 9.46. The third-order valence-electron chi connectivity index (χ3n) is 7.13. The number of aromatic nitrogens is 1. The van der Waals surface area contributed by atoms with Gasteiger partial charge in [0.1, 0.15) is 12.1 Å². The van der Waals surface area contributed by atoms with E-state index in [0.717, 1.165) is 44.0 Å². The molecule has 6 N–H and O–H groups in total. The lowest BCUT2D eigenvalue weighted by atomic mass is 9.91. The number of aliphatic hydroxyl groups is 1. The van der Waals surface area contributed by atoms with Crippen LogP contribution in [0.3, 0.4) is 0 Å². The number of β-amino-alcohol motifs (C(OH)–C–C–N with tert-alkyl or cyclic N) is 1. The van der Waals surface area contributed by atoms with Crippen molar-refractivity contribution in [3.63, 3.8) is 0 Å². The summed E-state index contributed by atoms with van der Waals surface area (Å²) in [6, 6.07) is 4.05. The predicted octanol–water partition coefficient (Wildman–Crippen LogP) is -0.248. The summed E-state index contributed by atoms with van der Waals surface area (Å²) in [5.41, 5.74) is 6.70. The first-order chi connectivity index (χ1) is 15.7. The number of nitrogens with one attached hydrogen (secondary N) is 5. The molecule has 4 saturated heterocycles. The first-order valence-electron chi connectivity index (χ1n) is 12.1. The highest BCUT2D eigenvalue weighted by Gasteiger charge is 2.45. The second kappa shape index (κ2) is 9.88. The molecule has 32 heavy (non-hydrogen) atoms. The number of hydrazine groups is 1. The van der Waals surface area contributed by atoms with Gasteiger partial charge in [-0.15, -0.1) is 0 Å². The van der Waals surface area contributed by atoms with Crippen LogP contribution in [0.4, 0.5) is 11.5 Å². The van der Waals surface area contributed by atoms with E-state index in [1.807, 2.05) is 18.3 Å². The van der Waals surface area contributed by atoms with Crippen LogP contribution in [-0.2, 0) is 4.79 Å². The minimum Gasteiger partial charge on any atom is -0.391 e. The van der Waals surface area contributed by atoms with Crippen LogP contribution in [0.15, 0.2) is 18.3 Å². The topological polar surface area (TPSA) is 117 Å². The standard InChI is InChI=1S/C22H36N8O2/c31-16-6-5-11-30(14-16)18-8-7-15(12-23-18)25-20-19-17(13-24-28-21(19)32)26-22(27-20)29-9-3-1-2-4-10-29/h7-8,12,16-17,19-20,22,24-27,31H,1-6,9-11,13-14H2,(H,28,32). The van der Waals surface area contributed by atoms with Gasteiger partial charge in [-0.2, -0.15) is 0 Å². The molecular formula is C22H36N8O2. The minimum atomic E-state index is -0.284. The van der Waals surface area contributed by atoms with Crippen LogP contribution in [0, 0.1) is 5.92 Å². The summed E-state index contributed by atoms with van der Waals surface area (Å²) in [6.07, 6.45) is 8.19. The zero-order chi connectivity index (χ0) is 21.9. The molecular weight excluding hydrogens is 408 g/mol. The maximum absolute atomic E-state index is 12.7. The van der Waals surface area contributed by atoms with Gasteiger partial charge in [0.05, 0.1) is 30.1 Å². The highest BCUT2D eigenvalue weighted by molar-refractivity contribution is 5.81. The smallest absolute Gasteiger partial charge is 0.242 e. The average Bonchev–Trinajstić information content (AvgIpc) is 3.09. The van der Waals surface area contributed by atoms with Crippen molar-refractivity contribution in [2.75, 3.05) is 42.9 Å². The Morgan fingerprint density at radius 2 is 1.91 bits per heavy atom. The number of carbonyl (C=O) groups is 1. The van der Waals surface area contributed by atoms with Crippen LogP contribution in [-0.4, -0.2) is 78.2 Å². The molecule has 4 aliphatic rings. The summed E-state index contributed by atoms with van der Waals surface area (Å²) in [4.78, 5) is 21.9. The SMILES string of the molecule is O=C1NNCC2NC(N3CCCCCC3)NC(Nc3ccc(N4CCCC(O)C4)nc3)C12. The van der Waals surface area contributed by atoms with Crippen molar-refractivity contribution in [1.29, 1.82) is 0 Å². The number of fused-ring (bicyclic) bond motifs is 1. The number of nitrogens with zero attached hydrogens (tertiary/aromatic N) is 3. The van der Waals surface area contributed by atoms with Crippen molar-refractivity contribution in [3.05, 3.63) is 18.3 Å². The number of aliphatic hydroxyl groups excluding tert-OH is 1. The van der Waals surface area contributed by atoms with Gasteiger partial charge in [-0.25, -0.2) is 10.4 Å². The molecule has 176 valence electrons. The quantitative estimate of drug-likeness (QED) is 0.374. The molecule has 1 amide bonds. The van der Waals surface area contributed by atoms with Crippen molar-refractivity contribution in [3.8, 4) is 0 Å². The molecule has 5 atom stereocenters. The van der Waals surface area contributed by atoms with Crippen LogP contribution in [0.5, 0.6) is 0 Å². The first kappa shape index (κ1) is 21.8. The van der Waals surface area contributed by atoms with Crippen molar-refractivity contribution >= 4 is 17.4 Å². The molecule has 0 saturated carbocycles. The third-order valence-corrected chi connectivity index (χ3v) is 7.13. The van der Waals surface area contributed by atoms with Crippen LogP contribution in [0.1, 0.15) is 38.5 Å². The molecule has 0 radical (unpaired) electrons. The van der Waals surface area contributed by atoms with E-state index in [1.165, 1.54) is 25.7 Å². The number of carbonyl (C=O) groups excluding carboxylic acids is 1. The van der Waals surface area contributed by atoms with Gasteiger partial charge in [-0.1, -0.05) is 12.8 Å². The molecule has 0 spiro atoms. The number of piperidine rings is 1. The fraction of sp³-hybridized carbons (Fsp3) is 0.727. The maximum Gasteiger partial charge on any atom is 0.242 e. The highest BCUT2D eigenvalue weighted by atomic mass is 16.3. The molecule has 4 aliphatic heterocycles. The number of hydrogen-bond donors (Lipinski definition) is 6. The maximum atomic E-state index is 12.7. The predicted molar refractivity (Wildman–Crippen MR) is 123 cm³/mol. The van der Waals surface area contributed by atoms with Crippen LogP contribution >= 0.6 is 0 Å². The van der Waals surface area contributed by atoms with Gasteiger partial charge in [0, 0.05) is 38.8 Å². The number of likely N-dealkylation sites (tertiary alicyclic amines) is 1. The van der Waals surface area contributed by atoms with Gasteiger partial charge < -0.3 is 15.3 Å². The van der Waals surface area contributed by atoms with E-state index in [4.69, 9.17) is 0 Å². The van der Waals surface area contributed by atoms with Gasteiger partial charge in [0.2, 0.25) is 5.91 Å². The number of rotatable bonds is 4. The fourth-order valence-corrected chi connectivity index (χ4v) is 5.41. The lowest BCUT2D eigenvalue weighted by Gasteiger charge is -2.48. The van der Waals surface area contributed by atoms with Gasteiger partial charge in [-0.05, 0) is 37.8 Å². The Balaban J connectivity index is 1.30. The Morgan fingerprint density at radius 1 is 1.06 bits per heavy atom. The van der Waals surface area contributed by atoms with E-state index in [0.29, 0.717) is 13.1 Å². The molecule has 0 bridgehead atoms. The van der Waals surface area contributed by atoms with Crippen LogP contribution in [0.25, 0.3) is 0 Å². The van der Waals surface area contributed by atoms with E-state index in [2.05, 4.69) is 41.6 Å². The van der Waals surface area contributed by atoms with E-state index < -0.39 is 0 Å². The molecule has 1 aromatic rings. The number of hydrogen-bond acceptors (Lipinski definition) is 9. The van der Waals surface area contributed by atoms with Crippen LogP contribution in [0.2, 0.25) is 0 Å². The van der Waals surface area contributed by atoms with Gasteiger partial charge in [-0.3, -0.25) is 25.8 Å². The summed E-state index contributed by atoms with van der Waals surface area (Å²) in [6.45, 7) is 4.36. The minimum absolute atomic E-state index is 0.0139. The fourth-order valence-electron chi connectivity index (χ4n) is 5.41. The first-order valence-corrected chi connectivity index (χ1v) is 12.1. The molecule has 0 aromatic carbocycles. The third kappa shape index (κ3) is 4.84. The Kier molecular flexibility index (Phi) is 6.74. The Morgan fingerprint density at radius 3 is 2.66 bits per heavy atom. The molecule has 5 unspecified atom stereocenters. The summed E-state index contributed by atoms with van der Waals surface area (Å²) in [5, 5.41) is 20.8. The zero-order valence-electron chi connectivity index (χ0n) is 18.6. The molecule has 1 aromatic heterocycles. The number of anilines is 2.